The Hall–Kier alpha value is -3.12. The third kappa shape index (κ3) is 5.56. The fraction of sp³-hybridized carbons (Fsp3) is 0.350. The first kappa shape index (κ1) is 23.5. The van der Waals surface area contributed by atoms with Crippen molar-refractivity contribution in [3.63, 3.8) is 0 Å². The van der Waals surface area contributed by atoms with E-state index in [4.69, 9.17) is 5.41 Å². The number of hydrogen-bond acceptors (Lipinski definition) is 8. The van der Waals surface area contributed by atoms with E-state index in [2.05, 4.69) is 20.4 Å². The molecule has 4 N–H and O–H groups in total. The Balaban J connectivity index is 1.87. The average molecular weight is 468 g/mol. The number of hydrogen-bond donors (Lipinski definition) is 4. The highest BCUT2D eigenvalue weighted by atomic mass is 32.2. The third-order valence-corrected chi connectivity index (χ3v) is 6.83. The number of benzene rings is 1. The molecule has 2 aromatic rings. The minimum Gasteiger partial charge on any atom is -0.435 e. The molecule has 2 heterocycles. The molecule has 12 heteroatoms. The van der Waals surface area contributed by atoms with Crippen molar-refractivity contribution >= 4 is 33.0 Å². The van der Waals surface area contributed by atoms with Crippen molar-refractivity contribution in [3.05, 3.63) is 47.7 Å². The predicted molar refractivity (Wildman–Crippen MR) is 114 cm³/mol. The second-order valence-corrected chi connectivity index (χ2v) is 9.85. The first-order chi connectivity index (χ1) is 14.9. The molecule has 0 bridgehead atoms. The molecule has 1 atom stereocenters. The highest BCUT2D eigenvalue weighted by Gasteiger charge is 2.45. The lowest BCUT2D eigenvalue weighted by atomic mass is 10.0. The number of nitrogens with one attached hydrogen (secondary N) is 3. The van der Waals surface area contributed by atoms with Crippen LogP contribution in [0.3, 0.4) is 0 Å². The molecule has 1 amide bonds. The summed E-state index contributed by atoms with van der Waals surface area (Å²) in [5.41, 5.74) is -0.613. The van der Waals surface area contributed by atoms with Gasteiger partial charge in [0.15, 0.2) is 9.84 Å². The van der Waals surface area contributed by atoms with E-state index in [-0.39, 0.29) is 39.9 Å². The highest BCUT2D eigenvalue weighted by Crippen LogP contribution is 2.26. The molecule has 1 fully saturated rings. The van der Waals surface area contributed by atoms with Gasteiger partial charge in [0.05, 0.1) is 34.4 Å². The van der Waals surface area contributed by atoms with Gasteiger partial charge in [-0.2, -0.15) is 8.78 Å². The van der Waals surface area contributed by atoms with Crippen molar-refractivity contribution in [3.8, 4) is 5.75 Å². The number of ether oxygens (including phenoxy) is 1. The van der Waals surface area contributed by atoms with Crippen LogP contribution in [0.4, 0.5) is 20.3 Å². The van der Waals surface area contributed by atoms with E-state index in [1.807, 2.05) is 0 Å². The number of alkyl halides is 2. The van der Waals surface area contributed by atoms with Gasteiger partial charge in [-0.1, -0.05) is 6.07 Å². The van der Waals surface area contributed by atoms with Crippen LogP contribution >= 0.6 is 0 Å². The number of anilines is 2. The molecule has 0 aliphatic carbocycles. The number of aliphatic hydroxyl groups excluding tert-OH is 1. The Morgan fingerprint density at radius 2 is 2.00 bits per heavy atom. The summed E-state index contributed by atoms with van der Waals surface area (Å²) in [6, 6.07) is 7.04. The molecule has 1 aliphatic rings. The van der Waals surface area contributed by atoms with Crippen LogP contribution in [0, 0.1) is 5.41 Å². The van der Waals surface area contributed by atoms with Crippen LogP contribution in [0.5, 0.6) is 5.75 Å². The maximum Gasteiger partial charge on any atom is 0.387 e. The molecule has 1 aromatic carbocycles. The largest absolute Gasteiger partial charge is 0.435 e. The van der Waals surface area contributed by atoms with E-state index in [1.165, 1.54) is 37.4 Å². The molecule has 32 heavy (non-hydrogen) atoms. The number of sulfone groups is 1. The quantitative estimate of drug-likeness (QED) is 0.435. The van der Waals surface area contributed by atoms with Crippen LogP contribution in [0.15, 0.2) is 36.5 Å². The van der Waals surface area contributed by atoms with E-state index >= 15 is 0 Å². The number of halogens is 2. The smallest absolute Gasteiger partial charge is 0.387 e. The summed E-state index contributed by atoms with van der Waals surface area (Å²) < 4.78 is 52.2. The maximum atomic E-state index is 12.6. The van der Waals surface area contributed by atoms with Crippen LogP contribution in [-0.2, 0) is 9.84 Å². The Labute approximate surface area is 183 Å². The van der Waals surface area contributed by atoms with Crippen LogP contribution < -0.4 is 15.4 Å². The van der Waals surface area contributed by atoms with Crippen LogP contribution in [-0.4, -0.2) is 59.9 Å². The lowest BCUT2D eigenvalue weighted by Crippen LogP contribution is -2.63. The SMILES string of the molecule is C[C@H](O)C(=N)c1cc(C(=O)NC2(C)CS(=O)(=O)C2)cnc1Nc1cccc(OC(F)F)c1. The van der Waals surface area contributed by atoms with E-state index in [0.717, 1.165) is 0 Å². The number of rotatable bonds is 8. The van der Waals surface area contributed by atoms with Crippen molar-refractivity contribution in [2.75, 3.05) is 16.8 Å². The number of nitrogens with zero attached hydrogens (tertiary/aromatic N) is 1. The van der Waals surface area contributed by atoms with Crippen molar-refractivity contribution in [2.24, 2.45) is 0 Å². The number of aliphatic hydroxyl groups is 1. The highest BCUT2D eigenvalue weighted by molar-refractivity contribution is 7.93. The van der Waals surface area contributed by atoms with E-state index in [1.54, 1.807) is 13.0 Å². The van der Waals surface area contributed by atoms with Crippen molar-refractivity contribution in [1.82, 2.24) is 10.3 Å². The normalized spacial score (nSPS) is 17.2. The van der Waals surface area contributed by atoms with E-state index in [0.29, 0.717) is 5.69 Å². The second-order valence-electron chi connectivity index (χ2n) is 7.79. The summed E-state index contributed by atoms with van der Waals surface area (Å²) in [6.45, 7) is -0.00806. The lowest BCUT2D eigenvalue weighted by molar-refractivity contribution is -0.0498. The van der Waals surface area contributed by atoms with E-state index < -0.39 is 34.0 Å². The van der Waals surface area contributed by atoms with Gasteiger partial charge < -0.3 is 25.9 Å². The van der Waals surface area contributed by atoms with Crippen LogP contribution in [0.25, 0.3) is 0 Å². The fourth-order valence-electron chi connectivity index (χ4n) is 3.35. The lowest BCUT2D eigenvalue weighted by Gasteiger charge is -2.38. The first-order valence-electron chi connectivity index (χ1n) is 9.49. The zero-order valence-electron chi connectivity index (χ0n) is 17.2. The summed E-state index contributed by atoms with van der Waals surface area (Å²) >= 11 is 0. The zero-order chi connectivity index (χ0) is 23.7. The summed E-state index contributed by atoms with van der Waals surface area (Å²) in [5.74, 6) is -0.900. The summed E-state index contributed by atoms with van der Waals surface area (Å²) in [5, 5.41) is 23.6. The molecule has 0 saturated carbocycles. The van der Waals surface area contributed by atoms with Gasteiger partial charge in [0, 0.05) is 23.5 Å². The fourth-order valence-corrected chi connectivity index (χ4v) is 5.35. The average Bonchev–Trinajstić information content (AvgIpc) is 2.65. The second kappa shape index (κ2) is 8.79. The Bertz CT molecular complexity index is 1140. The molecule has 9 nitrogen and oxygen atoms in total. The van der Waals surface area contributed by atoms with Gasteiger partial charge in [-0.05, 0) is 32.0 Å². The van der Waals surface area contributed by atoms with Crippen molar-refractivity contribution < 1.29 is 31.8 Å². The van der Waals surface area contributed by atoms with Gasteiger partial charge >= 0.3 is 6.61 Å². The van der Waals surface area contributed by atoms with Gasteiger partial charge in [0.25, 0.3) is 5.91 Å². The van der Waals surface area contributed by atoms with Gasteiger partial charge in [-0.15, -0.1) is 0 Å². The molecule has 3 rings (SSSR count). The third-order valence-electron chi connectivity index (χ3n) is 4.67. The molecule has 0 radical (unpaired) electrons. The molecule has 1 aromatic heterocycles. The zero-order valence-corrected chi connectivity index (χ0v) is 18.0. The molecule has 0 spiro atoms. The Kier molecular flexibility index (Phi) is 6.46. The standard InChI is InChI=1S/C20H22F2N4O5S/c1-11(27)16(23)15-6-12(18(28)26-20(2)9-32(29,30)10-20)8-24-17(15)25-13-4-3-5-14(7-13)31-19(21)22/h3-8,11,19,23,27H,9-10H2,1-2H3,(H,24,25)(H,26,28)/t11-/m0/s1. The minimum absolute atomic E-state index is 0.0660. The molecular formula is C20H22F2N4O5S. The molecule has 1 saturated heterocycles. The van der Waals surface area contributed by atoms with Gasteiger partial charge in [0.1, 0.15) is 11.6 Å². The number of pyridine rings is 1. The van der Waals surface area contributed by atoms with Crippen molar-refractivity contribution in [1.29, 1.82) is 5.41 Å². The number of carbonyl (C=O) groups excluding carboxylic acids is 1. The number of carbonyl (C=O) groups is 1. The van der Waals surface area contributed by atoms with E-state index in [9.17, 15) is 27.1 Å². The topological polar surface area (TPSA) is 141 Å². The predicted octanol–water partition coefficient (Wildman–Crippen LogP) is 2.09. The summed E-state index contributed by atoms with van der Waals surface area (Å²) in [6.07, 6.45) is 0.0467. The summed E-state index contributed by atoms with van der Waals surface area (Å²) in [4.78, 5) is 16.8. The monoisotopic (exact) mass is 468 g/mol. The van der Waals surface area contributed by atoms with Crippen molar-refractivity contribution in [2.45, 2.75) is 32.1 Å². The molecular weight excluding hydrogens is 446 g/mol. The van der Waals surface area contributed by atoms with Crippen LogP contribution in [0.1, 0.15) is 29.8 Å². The molecule has 1 aliphatic heterocycles. The Morgan fingerprint density at radius 1 is 1.31 bits per heavy atom. The van der Waals surface area contributed by atoms with Gasteiger partial charge in [-0.25, -0.2) is 13.4 Å². The number of amides is 1. The van der Waals surface area contributed by atoms with Gasteiger partial charge in [0.2, 0.25) is 0 Å². The van der Waals surface area contributed by atoms with Crippen LogP contribution in [0.2, 0.25) is 0 Å². The first-order valence-corrected chi connectivity index (χ1v) is 11.3. The van der Waals surface area contributed by atoms with Gasteiger partial charge in [-0.3, -0.25) is 4.79 Å². The summed E-state index contributed by atoms with van der Waals surface area (Å²) in [7, 11) is -3.17. The maximum absolute atomic E-state index is 12.6. The minimum atomic E-state index is -3.17. The number of aromatic nitrogens is 1. The molecule has 172 valence electrons. The molecule has 0 unspecified atom stereocenters. The Morgan fingerprint density at radius 3 is 2.59 bits per heavy atom.